The molecule has 1 aromatic carbocycles. The zero-order chi connectivity index (χ0) is 14.0. The Kier molecular flexibility index (Phi) is 4.11. The topological polar surface area (TPSA) is 32.5 Å². The highest BCUT2D eigenvalue weighted by molar-refractivity contribution is 5.15. The van der Waals surface area contributed by atoms with E-state index in [1.807, 2.05) is 0 Å². The lowest BCUT2D eigenvalue weighted by atomic mass is 9.96. The van der Waals surface area contributed by atoms with E-state index in [1.165, 1.54) is 37.9 Å². The molecule has 2 fully saturated rings. The van der Waals surface area contributed by atoms with Gasteiger partial charge in [0.1, 0.15) is 0 Å². The van der Waals surface area contributed by atoms with Gasteiger partial charge < -0.3 is 5.73 Å². The van der Waals surface area contributed by atoms with Crippen molar-refractivity contribution in [1.29, 1.82) is 0 Å². The molecule has 2 aliphatic rings. The van der Waals surface area contributed by atoms with E-state index in [0.29, 0.717) is 0 Å². The van der Waals surface area contributed by atoms with E-state index in [1.54, 1.807) is 0 Å². The summed E-state index contributed by atoms with van der Waals surface area (Å²) in [5, 5.41) is 0. The van der Waals surface area contributed by atoms with Gasteiger partial charge in [-0.05, 0) is 37.8 Å². The van der Waals surface area contributed by atoms with Crippen molar-refractivity contribution in [2.24, 2.45) is 11.7 Å². The van der Waals surface area contributed by atoms with Gasteiger partial charge in [0.2, 0.25) is 0 Å². The molecule has 0 aromatic heterocycles. The smallest absolute Gasteiger partial charge is 0.0467 e. The second kappa shape index (κ2) is 5.84. The van der Waals surface area contributed by atoms with Crippen LogP contribution in [-0.2, 0) is 6.54 Å². The van der Waals surface area contributed by atoms with Crippen molar-refractivity contribution in [2.75, 3.05) is 33.2 Å². The van der Waals surface area contributed by atoms with Gasteiger partial charge in [0.25, 0.3) is 0 Å². The molecule has 0 radical (unpaired) electrons. The lowest BCUT2D eigenvalue weighted by Gasteiger charge is -2.38. The summed E-state index contributed by atoms with van der Waals surface area (Å²) in [5.74, 6) is 0.937. The van der Waals surface area contributed by atoms with E-state index >= 15 is 0 Å². The van der Waals surface area contributed by atoms with Crippen LogP contribution in [0.15, 0.2) is 30.3 Å². The summed E-state index contributed by atoms with van der Waals surface area (Å²) in [7, 11) is 2.27. The minimum absolute atomic E-state index is 0.206. The van der Waals surface area contributed by atoms with Crippen LogP contribution in [0.5, 0.6) is 0 Å². The average Bonchev–Trinajstić information content (AvgIpc) is 3.18. The van der Waals surface area contributed by atoms with Crippen LogP contribution in [0.4, 0.5) is 0 Å². The van der Waals surface area contributed by atoms with Crippen molar-refractivity contribution < 1.29 is 0 Å². The molecule has 3 heteroatoms. The normalized spacial score (nSPS) is 27.4. The fourth-order valence-electron chi connectivity index (χ4n) is 3.43. The fraction of sp³-hybridized carbons (Fsp3) is 0.647. The quantitative estimate of drug-likeness (QED) is 0.859. The van der Waals surface area contributed by atoms with Gasteiger partial charge in [-0.1, -0.05) is 30.3 Å². The third kappa shape index (κ3) is 3.05. The fourth-order valence-corrected chi connectivity index (χ4v) is 3.43. The number of nitrogens with zero attached hydrogens (tertiary/aromatic N) is 2. The Hall–Kier alpha value is -0.900. The minimum Gasteiger partial charge on any atom is -0.329 e. The molecule has 3 nitrogen and oxygen atoms in total. The zero-order valence-corrected chi connectivity index (χ0v) is 12.6. The maximum Gasteiger partial charge on any atom is 0.0467 e. The summed E-state index contributed by atoms with van der Waals surface area (Å²) in [6, 6.07) is 10.8. The Labute approximate surface area is 122 Å². The van der Waals surface area contributed by atoms with Crippen LogP contribution in [0, 0.1) is 5.92 Å². The highest BCUT2D eigenvalue weighted by Crippen LogP contribution is 2.34. The van der Waals surface area contributed by atoms with Gasteiger partial charge in [0.15, 0.2) is 0 Å². The van der Waals surface area contributed by atoms with E-state index in [-0.39, 0.29) is 5.54 Å². The maximum atomic E-state index is 6.15. The first-order valence-corrected chi connectivity index (χ1v) is 7.89. The lowest BCUT2D eigenvalue weighted by Crippen LogP contribution is -2.54. The summed E-state index contributed by atoms with van der Waals surface area (Å²) >= 11 is 0. The Morgan fingerprint density at radius 1 is 1.30 bits per heavy atom. The molecule has 0 bridgehead atoms. The molecule has 110 valence electrons. The number of likely N-dealkylation sites (N-methyl/N-ethyl adjacent to an activating group) is 1. The second-order valence-corrected chi connectivity index (χ2v) is 6.70. The molecular formula is C17H27N3. The molecule has 1 saturated heterocycles. The van der Waals surface area contributed by atoms with Gasteiger partial charge in [-0.3, -0.25) is 9.80 Å². The van der Waals surface area contributed by atoms with Gasteiger partial charge >= 0.3 is 0 Å². The molecule has 1 aliphatic heterocycles. The molecule has 0 amide bonds. The molecule has 1 unspecified atom stereocenters. The van der Waals surface area contributed by atoms with Crippen molar-refractivity contribution in [2.45, 2.75) is 31.3 Å². The van der Waals surface area contributed by atoms with Gasteiger partial charge in [-0.2, -0.15) is 0 Å². The van der Waals surface area contributed by atoms with Crippen molar-refractivity contribution in [3.8, 4) is 0 Å². The summed E-state index contributed by atoms with van der Waals surface area (Å²) in [5.41, 5.74) is 7.77. The number of benzene rings is 1. The number of likely N-dealkylation sites (tertiary alicyclic amines) is 1. The Balaban J connectivity index is 1.60. The summed E-state index contributed by atoms with van der Waals surface area (Å²) in [6.07, 6.45) is 4.04. The number of nitrogens with two attached hydrogens (primary N) is 1. The standard InChI is InChI=1S/C17H27N3/c1-19(11-16-7-8-16)17(13-18)9-10-20(14-17)12-15-5-3-2-4-6-15/h2-6,16H,7-14,18H2,1H3. The van der Waals surface area contributed by atoms with Crippen molar-refractivity contribution >= 4 is 0 Å². The van der Waals surface area contributed by atoms with E-state index in [0.717, 1.165) is 25.6 Å². The highest BCUT2D eigenvalue weighted by Gasteiger charge is 2.41. The van der Waals surface area contributed by atoms with Gasteiger partial charge in [-0.15, -0.1) is 0 Å². The first kappa shape index (κ1) is 14.1. The number of hydrogen-bond donors (Lipinski definition) is 1. The van der Waals surface area contributed by atoms with Crippen LogP contribution in [0.25, 0.3) is 0 Å². The molecule has 0 spiro atoms. The molecule has 2 N–H and O–H groups in total. The summed E-state index contributed by atoms with van der Waals surface area (Å²) in [4.78, 5) is 5.11. The Bertz CT molecular complexity index is 429. The molecule has 1 aliphatic carbocycles. The molecule has 20 heavy (non-hydrogen) atoms. The van der Waals surface area contributed by atoms with Crippen LogP contribution in [0.3, 0.4) is 0 Å². The first-order valence-electron chi connectivity index (χ1n) is 7.89. The molecule has 1 saturated carbocycles. The second-order valence-electron chi connectivity index (χ2n) is 6.70. The van der Waals surface area contributed by atoms with Crippen LogP contribution in [0.1, 0.15) is 24.8 Å². The van der Waals surface area contributed by atoms with E-state index < -0.39 is 0 Å². The highest BCUT2D eigenvalue weighted by atomic mass is 15.3. The molecule has 1 aromatic rings. The summed E-state index contributed by atoms with van der Waals surface area (Å²) < 4.78 is 0. The predicted octanol–water partition coefficient (Wildman–Crippen LogP) is 1.93. The Morgan fingerprint density at radius 2 is 2.05 bits per heavy atom. The molecule has 1 atom stereocenters. The third-order valence-electron chi connectivity index (χ3n) is 5.08. The van der Waals surface area contributed by atoms with Gasteiger partial charge in [0.05, 0.1) is 0 Å². The van der Waals surface area contributed by atoms with Crippen LogP contribution < -0.4 is 5.73 Å². The third-order valence-corrected chi connectivity index (χ3v) is 5.08. The zero-order valence-electron chi connectivity index (χ0n) is 12.6. The molecule has 3 rings (SSSR count). The van der Waals surface area contributed by atoms with Crippen LogP contribution >= 0.6 is 0 Å². The number of hydrogen-bond acceptors (Lipinski definition) is 3. The molecule has 1 heterocycles. The van der Waals surface area contributed by atoms with Crippen LogP contribution in [-0.4, -0.2) is 48.6 Å². The van der Waals surface area contributed by atoms with Gasteiger partial charge in [0, 0.05) is 38.3 Å². The van der Waals surface area contributed by atoms with E-state index in [2.05, 4.69) is 47.2 Å². The lowest BCUT2D eigenvalue weighted by molar-refractivity contribution is 0.122. The van der Waals surface area contributed by atoms with E-state index in [4.69, 9.17) is 5.73 Å². The van der Waals surface area contributed by atoms with Crippen molar-refractivity contribution in [3.05, 3.63) is 35.9 Å². The Morgan fingerprint density at radius 3 is 2.70 bits per heavy atom. The van der Waals surface area contributed by atoms with Crippen molar-refractivity contribution in [1.82, 2.24) is 9.80 Å². The minimum atomic E-state index is 0.206. The van der Waals surface area contributed by atoms with Crippen molar-refractivity contribution in [3.63, 3.8) is 0 Å². The SMILES string of the molecule is CN(CC1CC1)C1(CN)CCN(Cc2ccccc2)C1. The van der Waals surface area contributed by atoms with Crippen LogP contribution in [0.2, 0.25) is 0 Å². The van der Waals surface area contributed by atoms with Gasteiger partial charge in [-0.25, -0.2) is 0 Å². The predicted molar refractivity (Wildman–Crippen MR) is 83.5 cm³/mol. The summed E-state index contributed by atoms with van der Waals surface area (Å²) in [6.45, 7) is 5.35. The average molecular weight is 273 g/mol. The first-order chi connectivity index (χ1) is 9.72. The molecular weight excluding hydrogens is 246 g/mol. The van der Waals surface area contributed by atoms with E-state index in [9.17, 15) is 0 Å². The maximum absolute atomic E-state index is 6.15. The monoisotopic (exact) mass is 273 g/mol. The largest absolute Gasteiger partial charge is 0.329 e. The number of rotatable bonds is 6.